The van der Waals surface area contributed by atoms with Gasteiger partial charge in [-0.25, -0.2) is 4.98 Å². The van der Waals surface area contributed by atoms with Crippen LogP contribution in [0.15, 0.2) is 84.1 Å². The molecule has 192 valence electrons. The molecule has 1 heterocycles. The molecule has 8 heteroatoms. The van der Waals surface area contributed by atoms with Gasteiger partial charge in [-0.1, -0.05) is 54.2 Å². The zero-order chi connectivity index (χ0) is 26.9. The van der Waals surface area contributed by atoms with Gasteiger partial charge in [-0.15, -0.1) is 13.2 Å². The zero-order valence-electron chi connectivity index (χ0n) is 20.8. The second-order valence-electron chi connectivity index (χ2n) is 9.19. The third kappa shape index (κ3) is 5.75. The molecule has 0 aliphatic carbocycles. The average molecular weight is 532 g/mol. The lowest BCUT2D eigenvalue weighted by Gasteiger charge is -2.10. The Morgan fingerprint density at radius 3 is 2.53 bits per heavy atom. The highest BCUT2D eigenvalue weighted by molar-refractivity contribution is 7.80. The number of alkyl halides is 3. The number of rotatable bonds is 7. The van der Waals surface area contributed by atoms with Crippen molar-refractivity contribution in [2.75, 3.05) is 6.54 Å². The van der Waals surface area contributed by atoms with Crippen molar-refractivity contribution in [3.8, 4) is 11.4 Å². The third-order valence-electron chi connectivity index (χ3n) is 6.30. The number of ether oxygens (including phenoxy) is 1. The molecule has 0 fully saturated rings. The number of aliphatic imine (C=N–C) groups is 1. The molecular weight excluding hydrogens is 507 g/mol. The van der Waals surface area contributed by atoms with Gasteiger partial charge >= 0.3 is 6.36 Å². The summed E-state index contributed by atoms with van der Waals surface area (Å²) in [5.41, 5.74) is 7.01. The number of aromatic nitrogens is 2. The maximum absolute atomic E-state index is 12.5. The number of hydrogen-bond acceptors (Lipinski definition) is 4. The fourth-order valence-corrected chi connectivity index (χ4v) is 4.72. The van der Waals surface area contributed by atoms with Gasteiger partial charge in [0.25, 0.3) is 0 Å². The molecular formula is C30H24F3N3OS. The van der Waals surface area contributed by atoms with E-state index >= 15 is 0 Å². The van der Waals surface area contributed by atoms with E-state index in [1.54, 1.807) is 18.5 Å². The van der Waals surface area contributed by atoms with Crippen molar-refractivity contribution in [3.63, 3.8) is 0 Å². The predicted octanol–water partition coefficient (Wildman–Crippen LogP) is 7.73. The van der Waals surface area contributed by atoms with Crippen LogP contribution in [0.2, 0.25) is 0 Å². The Kier molecular flexibility index (Phi) is 6.99. The summed E-state index contributed by atoms with van der Waals surface area (Å²) in [5, 5.41) is 1.99. The first-order valence-electron chi connectivity index (χ1n) is 12.0. The molecule has 4 nitrogen and oxygen atoms in total. The van der Waals surface area contributed by atoms with E-state index in [4.69, 9.17) is 12.2 Å². The van der Waals surface area contributed by atoms with Crippen molar-refractivity contribution in [1.82, 2.24) is 9.55 Å². The van der Waals surface area contributed by atoms with E-state index < -0.39 is 6.36 Å². The highest BCUT2D eigenvalue weighted by Crippen LogP contribution is 2.29. The predicted molar refractivity (Wildman–Crippen MR) is 150 cm³/mol. The van der Waals surface area contributed by atoms with Crippen LogP contribution >= 0.6 is 12.2 Å². The van der Waals surface area contributed by atoms with Crippen LogP contribution in [-0.2, 0) is 6.42 Å². The molecule has 0 radical (unpaired) electrons. The molecule has 38 heavy (non-hydrogen) atoms. The van der Waals surface area contributed by atoms with E-state index in [0.29, 0.717) is 12.2 Å². The number of imidazole rings is 1. The minimum atomic E-state index is -4.72. The Labute approximate surface area is 223 Å². The topological polar surface area (TPSA) is 39.4 Å². The van der Waals surface area contributed by atoms with E-state index in [1.165, 1.54) is 28.8 Å². The van der Waals surface area contributed by atoms with Gasteiger partial charge in [0.05, 0.1) is 17.6 Å². The Balaban J connectivity index is 1.31. The second kappa shape index (κ2) is 10.4. The van der Waals surface area contributed by atoms with Gasteiger partial charge in [-0.3, -0.25) is 9.56 Å². The fourth-order valence-electron chi connectivity index (χ4n) is 4.49. The Bertz CT molecular complexity index is 1670. The third-order valence-corrected chi connectivity index (χ3v) is 6.57. The number of fused-ring (bicyclic) bond motifs is 3. The molecule has 0 aliphatic heterocycles. The standard InChI is InChI=1S/C30H24F3N3OS/c1-19-3-5-22(20(2)13-19)15-26(38)17-34-16-21-4-11-27-23(14-21)6-12-28-29(27)35-18-36(28)24-7-9-25(10-8-24)37-30(31,32)33/h3-14,16,18H,15,17H2,1-2H3. The Morgan fingerprint density at radius 1 is 1.00 bits per heavy atom. The van der Waals surface area contributed by atoms with E-state index in [9.17, 15) is 13.2 Å². The molecule has 4 aromatic carbocycles. The fraction of sp³-hybridized carbons (Fsp3) is 0.167. The number of halogens is 3. The van der Waals surface area contributed by atoms with Crippen molar-refractivity contribution in [1.29, 1.82) is 0 Å². The maximum atomic E-state index is 12.5. The molecule has 0 saturated carbocycles. The van der Waals surface area contributed by atoms with E-state index in [2.05, 4.69) is 46.8 Å². The van der Waals surface area contributed by atoms with Crippen LogP contribution in [0.4, 0.5) is 13.2 Å². The van der Waals surface area contributed by atoms with Crippen LogP contribution in [0.5, 0.6) is 5.75 Å². The van der Waals surface area contributed by atoms with Crippen LogP contribution in [0.3, 0.4) is 0 Å². The second-order valence-corrected chi connectivity index (χ2v) is 9.76. The number of benzene rings is 4. The molecule has 0 amide bonds. The Hall–Kier alpha value is -4.04. The van der Waals surface area contributed by atoms with Gasteiger partial charge in [-0.05, 0) is 72.3 Å². The summed E-state index contributed by atoms with van der Waals surface area (Å²) in [4.78, 5) is 10.0. The van der Waals surface area contributed by atoms with Gasteiger partial charge in [0, 0.05) is 28.6 Å². The highest BCUT2D eigenvalue weighted by atomic mass is 32.1. The summed E-state index contributed by atoms with van der Waals surface area (Å²) >= 11 is 5.57. The smallest absolute Gasteiger partial charge is 0.406 e. The molecule has 1 aromatic heterocycles. The SMILES string of the molecule is Cc1ccc(CC(=S)CN=Cc2ccc3c(ccc4c3ncn4-c3ccc(OC(F)(F)F)cc3)c2)c(C)c1. The lowest BCUT2D eigenvalue weighted by Crippen LogP contribution is -2.17. The van der Waals surface area contributed by atoms with Gasteiger partial charge in [0.2, 0.25) is 0 Å². The van der Waals surface area contributed by atoms with Crippen LogP contribution in [0.1, 0.15) is 22.3 Å². The first-order valence-corrected chi connectivity index (χ1v) is 12.4. The van der Waals surface area contributed by atoms with Crippen LogP contribution in [0, 0.1) is 13.8 Å². The summed E-state index contributed by atoms with van der Waals surface area (Å²) in [7, 11) is 0. The number of thiocarbonyl (C=S) groups is 1. The monoisotopic (exact) mass is 531 g/mol. The molecule has 0 aliphatic rings. The normalized spacial score (nSPS) is 12.0. The van der Waals surface area contributed by atoms with Crippen LogP contribution in [0.25, 0.3) is 27.5 Å². The maximum Gasteiger partial charge on any atom is 0.573 e. The Morgan fingerprint density at radius 2 is 1.79 bits per heavy atom. The molecule has 5 rings (SSSR count). The average Bonchev–Trinajstić information content (AvgIpc) is 3.30. The van der Waals surface area contributed by atoms with E-state index in [-0.39, 0.29) is 5.75 Å². The van der Waals surface area contributed by atoms with Crippen molar-refractivity contribution in [2.24, 2.45) is 4.99 Å². The zero-order valence-corrected chi connectivity index (χ0v) is 21.6. The van der Waals surface area contributed by atoms with Crippen molar-refractivity contribution >= 4 is 45.1 Å². The number of nitrogens with zero attached hydrogens (tertiary/aromatic N) is 3. The minimum absolute atomic E-state index is 0.267. The summed E-state index contributed by atoms with van der Waals surface area (Å²) in [6, 6.07) is 22.1. The molecule has 0 spiro atoms. The molecule has 0 saturated heterocycles. The van der Waals surface area contributed by atoms with Gasteiger partial charge in [0.1, 0.15) is 12.1 Å². The summed E-state index contributed by atoms with van der Waals surface area (Å²) in [5.74, 6) is -0.267. The molecule has 0 unspecified atom stereocenters. The molecule has 0 N–H and O–H groups in total. The van der Waals surface area contributed by atoms with Crippen LogP contribution in [-0.4, -0.2) is 33.5 Å². The van der Waals surface area contributed by atoms with E-state index in [1.807, 2.05) is 41.1 Å². The minimum Gasteiger partial charge on any atom is -0.406 e. The van der Waals surface area contributed by atoms with Crippen molar-refractivity contribution < 1.29 is 17.9 Å². The molecule has 0 atom stereocenters. The number of aryl methyl sites for hydroxylation is 2. The van der Waals surface area contributed by atoms with Gasteiger partial charge in [-0.2, -0.15) is 0 Å². The van der Waals surface area contributed by atoms with Crippen molar-refractivity contribution in [2.45, 2.75) is 26.6 Å². The van der Waals surface area contributed by atoms with Crippen molar-refractivity contribution in [3.05, 3.63) is 101 Å². The quantitative estimate of drug-likeness (QED) is 0.159. The van der Waals surface area contributed by atoms with Crippen LogP contribution < -0.4 is 4.74 Å². The lowest BCUT2D eigenvalue weighted by molar-refractivity contribution is -0.274. The summed E-state index contributed by atoms with van der Waals surface area (Å²) in [6.45, 7) is 4.67. The van der Waals surface area contributed by atoms with Gasteiger partial charge in [0.15, 0.2) is 0 Å². The van der Waals surface area contributed by atoms with E-state index in [0.717, 1.165) is 38.7 Å². The number of hydrogen-bond donors (Lipinski definition) is 0. The first kappa shape index (κ1) is 25.6. The first-order chi connectivity index (χ1) is 18.2. The lowest BCUT2D eigenvalue weighted by atomic mass is 10.0. The molecule has 5 aromatic rings. The largest absolute Gasteiger partial charge is 0.573 e. The van der Waals surface area contributed by atoms with Gasteiger partial charge < -0.3 is 4.74 Å². The molecule has 0 bridgehead atoms. The summed E-state index contributed by atoms with van der Waals surface area (Å²) < 4.78 is 43.2. The summed E-state index contributed by atoms with van der Waals surface area (Å²) in [6.07, 6.45) is -0.496. The highest BCUT2D eigenvalue weighted by Gasteiger charge is 2.31.